The summed E-state index contributed by atoms with van der Waals surface area (Å²) in [6.07, 6.45) is 0.530. The van der Waals surface area contributed by atoms with Crippen molar-refractivity contribution < 1.29 is 14.6 Å². The van der Waals surface area contributed by atoms with Gasteiger partial charge in [-0.25, -0.2) is 0 Å². The molecular weight excluding hydrogens is 315 g/mol. The Morgan fingerprint density at radius 1 is 1.33 bits per heavy atom. The van der Waals surface area contributed by atoms with Crippen LogP contribution in [0.1, 0.15) is 17.4 Å². The minimum Gasteiger partial charge on any atom is -0.496 e. The summed E-state index contributed by atoms with van der Waals surface area (Å²) in [5.74, 6) is 0.491. The third-order valence-corrected chi connectivity index (χ3v) is 3.62. The average molecular weight is 331 g/mol. The predicted molar refractivity (Wildman–Crippen MR) is 81.2 cm³/mol. The molecule has 0 saturated heterocycles. The van der Waals surface area contributed by atoms with Crippen molar-refractivity contribution in [3.8, 4) is 5.75 Å². The Morgan fingerprint density at radius 3 is 2.76 bits per heavy atom. The number of ether oxygens (including phenoxy) is 2. The van der Waals surface area contributed by atoms with Gasteiger partial charge in [0, 0.05) is 17.7 Å². The Morgan fingerprint density at radius 2 is 2.10 bits per heavy atom. The summed E-state index contributed by atoms with van der Waals surface area (Å²) in [6, 6.07) is 5.03. The van der Waals surface area contributed by atoms with Gasteiger partial charge in [0.25, 0.3) is 0 Å². The zero-order chi connectivity index (χ0) is 15.4. The third kappa shape index (κ3) is 3.49. The highest BCUT2D eigenvalue weighted by atomic mass is 35.5. The molecule has 0 saturated carbocycles. The lowest BCUT2D eigenvalue weighted by atomic mass is 10.1. The highest BCUT2D eigenvalue weighted by molar-refractivity contribution is 6.31. The summed E-state index contributed by atoms with van der Waals surface area (Å²) in [6.45, 7) is 0.959. The molecule has 1 unspecified atom stereocenters. The van der Waals surface area contributed by atoms with Gasteiger partial charge in [-0.1, -0.05) is 29.3 Å². The topological polar surface area (TPSA) is 56.5 Å². The van der Waals surface area contributed by atoms with E-state index >= 15 is 0 Å². The SMILES string of the molecule is COCCn1ncc(Cl)c1C(O)c1ccc(Cl)cc1OC. The standard InChI is InChI=1S/C14H16Cl2N2O3/c1-20-6-5-18-13(11(16)8-17-18)14(19)10-4-3-9(15)7-12(10)21-2/h3-4,7-8,14,19H,5-6H2,1-2H3. The summed E-state index contributed by atoms with van der Waals surface area (Å²) in [5.41, 5.74) is 1.07. The number of aromatic nitrogens is 2. The molecule has 21 heavy (non-hydrogen) atoms. The van der Waals surface area contributed by atoms with Crippen molar-refractivity contribution in [1.82, 2.24) is 9.78 Å². The van der Waals surface area contributed by atoms with E-state index < -0.39 is 6.10 Å². The smallest absolute Gasteiger partial charge is 0.126 e. The van der Waals surface area contributed by atoms with E-state index in [2.05, 4.69) is 5.10 Å². The van der Waals surface area contributed by atoms with Crippen LogP contribution in [-0.2, 0) is 11.3 Å². The molecular formula is C14H16Cl2N2O3. The van der Waals surface area contributed by atoms with Crippen molar-refractivity contribution in [3.05, 3.63) is 45.7 Å². The summed E-state index contributed by atoms with van der Waals surface area (Å²) in [7, 11) is 3.12. The highest BCUT2D eigenvalue weighted by Gasteiger charge is 2.23. The molecule has 2 rings (SSSR count). The first-order valence-electron chi connectivity index (χ1n) is 6.30. The van der Waals surface area contributed by atoms with Gasteiger partial charge in [0.05, 0.1) is 37.2 Å². The van der Waals surface area contributed by atoms with E-state index in [-0.39, 0.29) is 0 Å². The van der Waals surface area contributed by atoms with Crippen LogP contribution in [0.2, 0.25) is 10.0 Å². The molecule has 0 spiro atoms. The number of rotatable bonds is 6. The largest absolute Gasteiger partial charge is 0.496 e. The summed E-state index contributed by atoms with van der Waals surface area (Å²) >= 11 is 12.1. The van der Waals surface area contributed by atoms with Gasteiger partial charge < -0.3 is 14.6 Å². The number of hydrogen-bond donors (Lipinski definition) is 1. The zero-order valence-corrected chi connectivity index (χ0v) is 13.2. The first kappa shape index (κ1) is 16.1. The predicted octanol–water partition coefficient (Wildman–Crippen LogP) is 2.93. The summed E-state index contributed by atoms with van der Waals surface area (Å²) in [4.78, 5) is 0. The fourth-order valence-corrected chi connectivity index (χ4v) is 2.46. The second-order valence-corrected chi connectivity index (χ2v) is 5.23. The van der Waals surface area contributed by atoms with Crippen molar-refractivity contribution in [3.63, 3.8) is 0 Å². The highest BCUT2D eigenvalue weighted by Crippen LogP contribution is 2.34. The molecule has 0 radical (unpaired) electrons. The van der Waals surface area contributed by atoms with E-state index in [0.29, 0.717) is 40.2 Å². The number of nitrogens with zero attached hydrogens (tertiary/aromatic N) is 2. The lowest BCUT2D eigenvalue weighted by molar-refractivity contribution is 0.170. The molecule has 0 aliphatic carbocycles. The maximum absolute atomic E-state index is 10.6. The number of methoxy groups -OCH3 is 2. The van der Waals surface area contributed by atoms with Crippen LogP contribution in [0.4, 0.5) is 0 Å². The van der Waals surface area contributed by atoms with Crippen LogP contribution < -0.4 is 4.74 Å². The maximum atomic E-state index is 10.6. The van der Waals surface area contributed by atoms with Crippen molar-refractivity contribution >= 4 is 23.2 Å². The molecule has 7 heteroatoms. The Labute approximate surface area is 133 Å². The molecule has 114 valence electrons. The summed E-state index contributed by atoms with van der Waals surface area (Å²) < 4.78 is 11.9. The van der Waals surface area contributed by atoms with Crippen molar-refractivity contribution in [2.75, 3.05) is 20.8 Å². The zero-order valence-electron chi connectivity index (χ0n) is 11.7. The second kappa shape index (κ2) is 7.13. The Bertz CT molecular complexity index is 616. The van der Waals surface area contributed by atoms with E-state index in [1.165, 1.54) is 13.3 Å². The minimum atomic E-state index is -0.968. The van der Waals surface area contributed by atoms with E-state index in [1.54, 1.807) is 30.0 Å². The van der Waals surface area contributed by atoms with Gasteiger partial charge in [0.1, 0.15) is 11.9 Å². The van der Waals surface area contributed by atoms with Gasteiger partial charge >= 0.3 is 0 Å². The molecule has 1 heterocycles. The van der Waals surface area contributed by atoms with Crippen LogP contribution in [0.15, 0.2) is 24.4 Å². The average Bonchev–Trinajstić information content (AvgIpc) is 2.85. The second-order valence-electron chi connectivity index (χ2n) is 4.38. The van der Waals surface area contributed by atoms with Crippen LogP contribution >= 0.6 is 23.2 Å². The molecule has 0 fully saturated rings. The van der Waals surface area contributed by atoms with Gasteiger partial charge in [-0.05, 0) is 12.1 Å². The third-order valence-electron chi connectivity index (χ3n) is 3.09. The molecule has 1 atom stereocenters. The Kier molecular flexibility index (Phi) is 5.47. The molecule has 1 N–H and O–H groups in total. The number of benzene rings is 1. The maximum Gasteiger partial charge on any atom is 0.126 e. The summed E-state index contributed by atoms with van der Waals surface area (Å²) in [5, 5.41) is 15.7. The molecule has 5 nitrogen and oxygen atoms in total. The molecule has 0 aliphatic heterocycles. The lowest BCUT2D eigenvalue weighted by Gasteiger charge is -2.17. The normalized spacial score (nSPS) is 12.4. The number of hydrogen-bond acceptors (Lipinski definition) is 4. The van der Waals surface area contributed by atoms with Crippen molar-refractivity contribution in [2.45, 2.75) is 12.6 Å². The van der Waals surface area contributed by atoms with Gasteiger partial charge in [-0.3, -0.25) is 4.68 Å². The molecule has 2 aromatic rings. The van der Waals surface area contributed by atoms with E-state index in [1.807, 2.05) is 0 Å². The van der Waals surface area contributed by atoms with Gasteiger partial charge in [-0.15, -0.1) is 0 Å². The van der Waals surface area contributed by atoms with Crippen molar-refractivity contribution in [1.29, 1.82) is 0 Å². The molecule has 1 aromatic heterocycles. The number of halogens is 2. The molecule has 0 aliphatic rings. The first-order valence-corrected chi connectivity index (χ1v) is 7.05. The lowest BCUT2D eigenvalue weighted by Crippen LogP contribution is -2.14. The van der Waals surface area contributed by atoms with E-state index in [4.69, 9.17) is 32.7 Å². The fraction of sp³-hybridized carbons (Fsp3) is 0.357. The minimum absolute atomic E-state index is 0.385. The number of aliphatic hydroxyl groups excluding tert-OH is 1. The van der Waals surface area contributed by atoms with Crippen LogP contribution in [0, 0.1) is 0 Å². The first-order chi connectivity index (χ1) is 10.1. The fourth-order valence-electron chi connectivity index (χ4n) is 2.06. The molecule has 0 amide bonds. The van der Waals surface area contributed by atoms with Crippen LogP contribution in [0.5, 0.6) is 5.75 Å². The van der Waals surface area contributed by atoms with Gasteiger partial charge in [-0.2, -0.15) is 5.10 Å². The number of aliphatic hydroxyl groups is 1. The van der Waals surface area contributed by atoms with Crippen LogP contribution in [0.25, 0.3) is 0 Å². The van der Waals surface area contributed by atoms with Gasteiger partial charge in [0.15, 0.2) is 0 Å². The quantitative estimate of drug-likeness (QED) is 0.884. The monoisotopic (exact) mass is 330 g/mol. The van der Waals surface area contributed by atoms with Crippen molar-refractivity contribution in [2.24, 2.45) is 0 Å². The van der Waals surface area contributed by atoms with Crippen LogP contribution in [-0.4, -0.2) is 35.7 Å². The van der Waals surface area contributed by atoms with Gasteiger partial charge in [0.2, 0.25) is 0 Å². The Hall–Kier alpha value is -1.27. The van der Waals surface area contributed by atoms with E-state index in [9.17, 15) is 5.11 Å². The van der Waals surface area contributed by atoms with Crippen LogP contribution in [0.3, 0.4) is 0 Å². The Balaban J connectivity index is 2.40. The molecule has 0 bridgehead atoms. The molecule has 1 aromatic carbocycles. The van der Waals surface area contributed by atoms with E-state index in [0.717, 1.165) is 0 Å².